The fraction of sp³-hybridized carbons (Fsp3) is 0.750. The maximum absolute atomic E-state index is 12.5. The quantitative estimate of drug-likeness (QED) is 0.193. The molecule has 0 aliphatic carbocycles. The highest BCUT2D eigenvalue weighted by molar-refractivity contribution is 5.89. The molecule has 0 aromatic rings. The number of carbonyl (C=O) groups is 3. The highest BCUT2D eigenvalue weighted by Gasteiger charge is 2.29. The number of guanidine groups is 1. The van der Waals surface area contributed by atoms with E-state index in [4.69, 9.17) is 15.9 Å². The van der Waals surface area contributed by atoms with Crippen LogP contribution in [-0.2, 0) is 14.3 Å². The number of hydrogen-bond donors (Lipinski definition) is 6. The smallest absolute Gasteiger partial charge is 0.408 e. The second-order valence-electron chi connectivity index (χ2n) is 7.25. The number of amides is 2. The Kier molecular flexibility index (Phi) is 9.45. The molecule has 0 fully saturated rings. The summed E-state index contributed by atoms with van der Waals surface area (Å²) in [6.45, 7) is 8.76. The molecule has 0 unspecified atom stereocenters. The van der Waals surface area contributed by atoms with Crippen LogP contribution in [0.25, 0.3) is 0 Å². The molecule has 0 bridgehead atoms. The number of aliphatic carboxylic acids is 1. The number of rotatable bonds is 9. The van der Waals surface area contributed by atoms with Crippen molar-refractivity contribution in [3.63, 3.8) is 0 Å². The monoisotopic (exact) mass is 373 g/mol. The van der Waals surface area contributed by atoms with Crippen LogP contribution >= 0.6 is 0 Å². The van der Waals surface area contributed by atoms with Gasteiger partial charge >= 0.3 is 12.1 Å². The van der Waals surface area contributed by atoms with E-state index in [1.807, 2.05) is 0 Å². The average molecular weight is 373 g/mol. The predicted molar refractivity (Wildman–Crippen MR) is 96.7 cm³/mol. The Morgan fingerprint density at radius 3 is 2.19 bits per heavy atom. The van der Waals surface area contributed by atoms with Gasteiger partial charge in [0, 0.05) is 6.54 Å². The summed E-state index contributed by atoms with van der Waals surface area (Å²) in [5.74, 6) is -2.28. The van der Waals surface area contributed by atoms with Gasteiger partial charge in [-0.2, -0.15) is 0 Å². The zero-order chi connectivity index (χ0) is 20.5. The minimum absolute atomic E-state index is 0.197. The van der Waals surface area contributed by atoms with Gasteiger partial charge in [0.25, 0.3) is 0 Å². The average Bonchev–Trinajstić information content (AvgIpc) is 2.44. The molecule has 0 heterocycles. The zero-order valence-corrected chi connectivity index (χ0v) is 16.0. The molecule has 10 nitrogen and oxygen atoms in total. The molecule has 0 aliphatic rings. The third kappa shape index (κ3) is 10.4. The highest BCUT2D eigenvalue weighted by atomic mass is 16.6. The fourth-order valence-electron chi connectivity index (χ4n) is 2.02. The molecular formula is C16H31N5O5. The van der Waals surface area contributed by atoms with Crippen molar-refractivity contribution in [1.29, 1.82) is 5.41 Å². The van der Waals surface area contributed by atoms with E-state index in [0.717, 1.165) is 0 Å². The molecule has 150 valence electrons. The van der Waals surface area contributed by atoms with E-state index in [9.17, 15) is 19.5 Å². The zero-order valence-electron chi connectivity index (χ0n) is 16.0. The van der Waals surface area contributed by atoms with Crippen LogP contribution in [0.4, 0.5) is 4.79 Å². The van der Waals surface area contributed by atoms with E-state index < -0.39 is 35.7 Å². The second-order valence-corrected chi connectivity index (χ2v) is 7.25. The molecule has 0 radical (unpaired) electrons. The van der Waals surface area contributed by atoms with Gasteiger partial charge in [0.2, 0.25) is 5.91 Å². The van der Waals surface area contributed by atoms with E-state index in [1.54, 1.807) is 34.6 Å². The molecule has 10 heteroatoms. The molecule has 0 aromatic heterocycles. The Morgan fingerprint density at radius 2 is 1.77 bits per heavy atom. The summed E-state index contributed by atoms with van der Waals surface area (Å²) in [6, 6.07) is -2.04. The molecule has 7 N–H and O–H groups in total. The Hall–Kier alpha value is -2.52. The second kappa shape index (κ2) is 10.5. The summed E-state index contributed by atoms with van der Waals surface area (Å²) in [5, 5.41) is 23.8. The molecule has 26 heavy (non-hydrogen) atoms. The minimum atomic E-state index is -1.15. The molecule has 0 spiro atoms. The van der Waals surface area contributed by atoms with Crippen LogP contribution in [-0.4, -0.2) is 53.3 Å². The number of carboxylic acids is 1. The van der Waals surface area contributed by atoms with Gasteiger partial charge in [0.05, 0.1) is 0 Å². The van der Waals surface area contributed by atoms with Gasteiger partial charge < -0.3 is 31.5 Å². The first-order valence-corrected chi connectivity index (χ1v) is 8.44. The lowest BCUT2D eigenvalue weighted by atomic mass is 10.0. The van der Waals surface area contributed by atoms with Crippen LogP contribution in [0.5, 0.6) is 0 Å². The highest BCUT2D eigenvalue weighted by Crippen LogP contribution is 2.09. The standard InChI is InChI=1S/C16H31N5O5/c1-9(2)11(13(23)24)21-12(22)10(7-6-8-19-14(17)18)20-15(25)26-16(3,4)5/h9-11H,6-8H2,1-5H3,(H,20,25)(H,21,22)(H,23,24)(H4,17,18,19)/t10-,11-/m0/s1. The Morgan fingerprint density at radius 1 is 1.19 bits per heavy atom. The van der Waals surface area contributed by atoms with E-state index in [2.05, 4.69) is 16.0 Å². The lowest BCUT2D eigenvalue weighted by molar-refractivity contribution is -0.143. The largest absolute Gasteiger partial charge is 0.480 e. The van der Waals surface area contributed by atoms with Crippen molar-refractivity contribution in [3.05, 3.63) is 0 Å². The normalized spacial score (nSPS) is 13.5. The van der Waals surface area contributed by atoms with Gasteiger partial charge in [0.15, 0.2) is 5.96 Å². The van der Waals surface area contributed by atoms with Crippen molar-refractivity contribution in [1.82, 2.24) is 16.0 Å². The molecule has 2 atom stereocenters. The molecular weight excluding hydrogens is 342 g/mol. The topological polar surface area (TPSA) is 167 Å². The lowest BCUT2D eigenvalue weighted by Crippen LogP contribution is -2.53. The number of nitrogens with two attached hydrogens (primary N) is 1. The molecule has 0 aromatic carbocycles. The number of carboxylic acid groups (broad SMARTS) is 1. The van der Waals surface area contributed by atoms with Crippen molar-refractivity contribution in [3.8, 4) is 0 Å². The van der Waals surface area contributed by atoms with Crippen LogP contribution in [0.15, 0.2) is 0 Å². The van der Waals surface area contributed by atoms with Gasteiger partial charge in [-0.05, 0) is 39.5 Å². The number of hydrogen-bond acceptors (Lipinski definition) is 5. The summed E-state index contributed by atoms with van der Waals surface area (Å²) >= 11 is 0. The summed E-state index contributed by atoms with van der Waals surface area (Å²) in [6.07, 6.45) is -0.128. The van der Waals surface area contributed by atoms with Crippen LogP contribution in [0.2, 0.25) is 0 Å². The molecule has 0 rings (SSSR count). The van der Waals surface area contributed by atoms with Crippen molar-refractivity contribution in [2.75, 3.05) is 6.54 Å². The predicted octanol–water partition coefficient (Wildman–Crippen LogP) is 0.368. The van der Waals surface area contributed by atoms with Crippen LogP contribution in [0.1, 0.15) is 47.5 Å². The Bertz CT molecular complexity index is 516. The summed E-state index contributed by atoms with van der Waals surface area (Å²) in [4.78, 5) is 35.7. The first-order valence-electron chi connectivity index (χ1n) is 8.44. The van der Waals surface area contributed by atoms with E-state index in [1.165, 1.54) is 0 Å². The minimum Gasteiger partial charge on any atom is -0.480 e. The maximum atomic E-state index is 12.5. The van der Waals surface area contributed by atoms with Crippen LogP contribution in [0, 0.1) is 11.3 Å². The van der Waals surface area contributed by atoms with Gasteiger partial charge in [-0.25, -0.2) is 9.59 Å². The van der Waals surface area contributed by atoms with Crippen molar-refractivity contribution in [2.45, 2.75) is 65.1 Å². The Balaban J connectivity index is 4.98. The third-order valence-corrected chi connectivity index (χ3v) is 3.22. The van der Waals surface area contributed by atoms with Gasteiger partial charge in [-0.15, -0.1) is 0 Å². The van der Waals surface area contributed by atoms with Gasteiger partial charge in [0.1, 0.15) is 17.7 Å². The number of nitrogens with one attached hydrogen (secondary N) is 4. The van der Waals surface area contributed by atoms with Crippen molar-refractivity contribution < 1.29 is 24.2 Å². The van der Waals surface area contributed by atoms with E-state index in [-0.39, 0.29) is 18.3 Å². The van der Waals surface area contributed by atoms with Gasteiger partial charge in [-0.1, -0.05) is 13.8 Å². The molecule has 0 saturated heterocycles. The SMILES string of the molecule is CC(C)[C@H](NC(=O)[C@H](CCCNC(=N)N)NC(=O)OC(C)(C)C)C(=O)O. The number of alkyl carbamates (subject to hydrolysis) is 1. The summed E-state index contributed by atoms with van der Waals surface area (Å²) in [5.41, 5.74) is 4.46. The first kappa shape index (κ1) is 23.5. The van der Waals surface area contributed by atoms with Crippen molar-refractivity contribution in [2.24, 2.45) is 11.7 Å². The van der Waals surface area contributed by atoms with Gasteiger partial charge in [-0.3, -0.25) is 10.2 Å². The number of ether oxygens (including phenoxy) is 1. The van der Waals surface area contributed by atoms with E-state index >= 15 is 0 Å². The third-order valence-electron chi connectivity index (χ3n) is 3.22. The summed E-state index contributed by atoms with van der Waals surface area (Å²) in [7, 11) is 0. The summed E-state index contributed by atoms with van der Waals surface area (Å²) < 4.78 is 5.15. The van der Waals surface area contributed by atoms with Crippen LogP contribution < -0.4 is 21.7 Å². The Labute approximate surface area is 153 Å². The van der Waals surface area contributed by atoms with Crippen LogP contribution in [0.3, 0.4) is 0 Å². The lowest BCUT2D eigenvalue weighted by Gasteiger charge is -2.25. The molecule has 2 amide bonds. The maximum Gasteiger partial charge on any atom is 0.408 e. The first-order chi connectivity index (χ1) is 11.8. The van der Waals surface area contributed by atoms with Crippen molar-refractivity contribution >= 4 is 23.9 Å². The van der Waals surface area contributed by atoms with E-state index in [0.29, 0.717) is 13.0 Å². The molecule has 0 aliphatic heterocycles. The molecule has 0 saturated carbocycles. The number of carbonyl (C=O) groups excluding carboxylic acids is 2. The fourth-order valence-corrected chi connectivity index (χ4v) is 2.02.